The van der Waals surface area contributed by atoms with Crippen molar-refractivity contribution < 1.29 is 13.9 Å². The summed E-state index contributed by atoms with van der Waals surface area (Å²) in [6.45, 7) is 10.1. The number of furan rings is 1. The molecule has 0 spiro atoms. The Morgan fingerprint density at radius 2 is 2.07 bits per heavy atom. The Hall–Kier alpha value is -2.53. The molecule has 0 bridgehead atoms. The predicted molar refractivity (Wildman–Crippen MR) is 119 cm³/mol. The lowest BCUT2D eigenvalue weighted by atomic mass is 10.1. The maximum Gasteiger partial charge on any atom is 0.330 e. The molecule has 29 heavy (non-hydrogen) atoms. The van der Waals surface area contributed by atoms with Crippen molar-refractivity contribution in [3.05, 3.63) is 60.4 Å². The van der Waals surface area contributed by atoms with Crippen molar-refractivity contribution in [1.82, 2.24) is 4.98 Å². The number of ether oxygens (including phenoxy) is 1. The molecule has 1 atom stereocenters. The van der Waals surface area contributed by atoms with Crippen molar-refractivity contribution in [3.8, 4) is 11.3 Å². The molecule has 2 aromatic heterocycles. The Kier molecular flexibility index (Phi) is 7.15. The van der Waals surface area contributed by atoms with Crippen LogP contribution in [0.2, 0.25) is 0 Å². The van der Waals surface area contributed by atoms with E-state index in [9.17, 15) is 4.79 Å². The number of pyridine rings is 1. The number of aromatic nitrogens is 1. The summed E-state index contributed by atoms with van der Waals surface area (Å²) in [5.41, 5.74) is 4.11. The van der Waals surface area contributed by atoms with Crippen LogP contribution in [-0.4, -0.2) is 23.3 Å². The molecule has 5 heteroatoms. The molecule has 0 aliphatic heterocycles. The molecule has 0 fully saturated rings. The fourth-order valence-corrected chi connectivity index (χ4v) is 3.97. The largest absolute Gasteiger partial charge is 0.462 e. The Bertz CT molecular complexity index is 1010. The summed E-state index contributed by atoms with van der Waals surface area (Å²) in [6, 6.07) is 12.5. The number of aryl methyl sites for hydroxylation is 2. The minimum atomic E-state index is -0.376. The molecule has 0 aliphatic carbocycles. The van der Waals surface area contributed by atoms with Gasteiger partial charge in [0.2, 0.25) is 0 Å². The lowest BCUT2D eigenvalue weighted by Gasteiger charge is -2.10. The van der Waals surface area contributed by atoms with Crippen LogP contribution in [0.15, 0.2) is 58.4 Å². The molecule has 0 amide bonds. The molecule has 1 aromatic carbocycles. The van der Waals surface area contributed by atoms with Gasteiger partial charge in [0.25, 0.3) is 0 Å². The minimum absolute atomic E-state index is 0.252. The molecule has 0 saturated heterocycles. The first kappa shape index (κ1) is 21.2. The number of carbonyl (C=O) groups excluding carboxylic acids is 1. The van der Waals surface area contributed by atoms with Gasteiger partial charge in [-0.3, -0.25) is 4.98 Å². The molecule has 0 N–H and O–H groups in total. The topological polar surface area (TPSA) is 52.3 Å². The van der Waals surface area contributed by atoms with Crippen molar-refractivity contribution in [2.45, 2.75) is 38.5 Å². The number of fused-ring (bicyclic) bond motifs is 1. The summed E-state index contributed by atoms with van der Waals surface area (Å²) < 4.78 is 11.3. The van der Waals surface area contributed by atoms with Gasteiger partial charge in [0.1, 0.15) is 11.3 Å². The summed E-state index contributed by atoms with van der Waals surface area (Å²) in [7, 11) is 0. The quantitative estimate of drug-likeness (QED) is 0.244. The van der Waals surface area contributed by atoms with Gasteiger partial charge in [-0.2, -0.15) is 0 Å². The van der Waals surface area contributed by atoms with Crippen molar-refractivity contribution >= 4 is 28.7 Å². The van der Waals surface area contributed by atoms with Gasteiger partial charge >= 0.3 is 5.97 Å². The highest BCUT2D eigenvalue weighted by molar-refractivity contribution is 7.99. The van der Waals surface area contributed by atoms with Gasteiger partial charge in [-0.15, -0.1) is 11.8 Å². The molecule has 4 nitrogen and oxygen atoms in total. The number of hydrogen-bond donors (Lipinski definition) is 0. The lowest BCUT2D eigenvalue weighted by molar-refractivity contribution is -0.138. The summed E-state index contributed by atoms with van der Waals surface area (Å²) in [4.78, 5) is 17.1. The van der Waals surface area contributed by atoms with E-state index in [0.717, 1.165) is 57.2 Å². The van der Waals surface area contributed by atoms with E-state index < -0.39 is 0 Å². The second kappa shape index (κ2) is 9.79. The van der Waals surface area contributed by atoms with Crippen LogP contribution in [0.1, 0.15) is 32.2 Å². The molecular weight excluding hydrogens is 382 g/mol. The maximum absolute atomic E-state index is 11.2. The molecule has 0 radical (unpaired) electrons. The van der Waals surface area contributed by atoms with E-state index >= 15 is 0 Å². The average Bonchev–Trinajstić information content (AvgIpc) is 3.18. The van der Waals surface area contributed by atoms with Crippen LogP contribution in [0.3, 0.4) is 0 Å². The minimum Gasteiger partial charge on any atom is -0.462 e. The zero-order valence-corrected chi connectivity index (χ0v) is 18.1. The summed E-state index contributed by atoms with van der Waals surface area (Å²) >= 11 is 1.73. The highest BCUT2D eigenvalue weighted by Crippen LogP contribution is 2.33. The number of benzene rings is 1. The van der Waals surface area contributed by atoms with Crippen LogP contribution in [0.5, 0.6) is 0 Å². The van der Waals surface area contributed by atoms with E-state index in [4.69, 9.17) is 14.1 Å². The normalized spacial score (nSPS) is 12.1. The molecule has 2 heterocycles. The lowest BCUT2D eigenvalue weighted by Crippen LogP contribution is -2.11. The molecule has 3 aromatic rings. The first-order valence-electron chi connectivity index (χ1n) is 9.98. The van der Waals surface area contributed by atoms with Crippen LogP contribution in [0, 0.1) is 5.92 Å². The second-order valence-corrected chi connectivity index (χ2v) is 8.16. The van der Waals surface area contributed by atoms with Gasteiger partial charge < -0.3 is 9.15 Å². The molecule has 0 aliphatic rings. The number of rotatable bonds is 9. The van der Waals surface area contributed by atoms with E-state index in [1.165, 1.54) is 6.08 Å². The van der Waals surface area contributed by atoms with Gasteiger partial charge in [0.15, 0.2) is 0 Å². The van der Waals surface area contributed by atoms with E-state index in [1.807, 2.05) is 0 Å². The second-order valence-electron chi connectivity index (χ2n) is 7.06. The Balaban J connectivity index is 1.73. The highest BCUT2D eigenvalue weighted by Gasteiger charge is 2.13. The SMILES string of the molecule is C=CC(=O)OCC(C)CSc1ccc2cc(-c3ccc(CC)nc3CC)oc2c1. The summed E-state index contributed by atoms with van der Waals surface area (Å²) in [6.07, 6.45) is 2.99. The third-order valence-electron chi connectivity index (χ3n) is 4.70. The Morgan fingerprint density at radius 3 is 2.79 bits per heavy atom. The zero-order valence-electron chi connectivity index (χ0n) is 17.2. The summed E-state index contributed by atoms with van der Waals surface area (Å²) in [5.74, 6) is 1.59. The van der Waals surface area contributed by atoms with E-state index in [0.29, 0.717) is 6.61 Å². The fraction of sp³-hybridized carbons (Fsp3) is 0.333. The van der Waals surface area contributed by atoms with Crippen LogP contribution in [-0.2, 0) is 22.4 Å². The molecular formula is C24H27NO3S. The van der Waals surface area contributed by atoms with Crippen LogP contribution >= 0.6 is 11.8 Å². The molecule has 152 valence electrons. The molecule has 1 unspecified atom stereocenters. The zero-order chi connectivity index (χ0) is 20.8. The summed E-state index contributed by atoms with van der Waals surface area (Å²) in [5, 5.41) is 1.08. The number of hydrogen-bond acceptors (Lipinski definition) is 5. The van der Waals surface area contributed by atoms with Crippen molar-refractivity contribution in [3.63, 3.8) is 0 Å². The van der Waals surface area contributed by atoms with Gasteiger partial charge in [-0.1, -0.05) is 27.4 Å². The Morgan fingerprint density at radius 1 is 1.24 bits per heavy atom. The molecule has 0 saturated carbocycles. The van der Waals surface area contributed by atoms with Crippen molar-refractivity contribution in [2.24, 2.45) is 5.92 Å². The number of nitrogens with zero attached hydrogens (tertiary/aromatic N) is 1. The third-order valence-corrected chi connectivity index (χ3v) is 6.02. The first-order valence-corrected chi connectivity index (χ1v) is 11.0. The van der Waals surface area contributed by atoms with Crippen LogP contribution in [0.4, 0.5) is 0 Å². The van der Waals surface area contributed by atoms with Gasteiger partial charge in [-0.05, 0) is 55.2 Å². The Labute approximate surface area is 176 Å². The van der Waals surface area contributed by atoms with E-state index in [1.54, 1.807) is 11.8 Å². The number of esters is 1. The van der Waals surface area contributed by atoms with Crippen LogP contribution < -0.4 is 0 Å². The third kappa shape index (κ3) is 5.30. The number of carbonyl (C=O) groups is 1. The monoisotopic (exact) mass is 409 g/mol. The number of thioether (sulfide) groups is 1. The fourth-order valence-electron chi connectivity index (χ4n) is 3.04. The van der Waals surface area contributed by atoms with Crippen LogP contribution in [0.25, 0.3) is 22.3 Å². The van der Waals surface area contributed by atoms with Gasteiger partial charge in [0.05, 0.1) is 12.3 Å². The van der Waals surface area contributed by atoms with E-state index in [-0.39, 0.29) is 11.9 Å². The van der Waals surface area contributed by atoms with Crippen molar-refractivity contribution in [2.75, 3.05) is 12.4 Å². The molecule has 3 rings (SSSR count). The van der Waals surface area contributed by atoms with E-state index in [2.05, 4.69) is 63.7 Å². The standard InChI is InChI=1S/C24H27NO3S/c1-5-18-9-11-20(21(6-2)25-18)23-12-17-8-10-19(13-22(17)28-23)29-15-16(4)14-27-24(26)7-3/h7-13,16H,3,5-6,14-15H2,1-2,4H3. The highest BCUT2D eigenvalue weighted by atomic mass is 32.2. The first-order chi connectivity index (χ1) is 14.0. The maximum atomic E-state index is 11.2. The van der Waals surface area contributed by atoms with Gasteiger partial charge in [-0.25, -0.2) is 4.79 Å². The predicted octanol–water partition coefficient (Wildman–Crippen LogP) is 6.08. The van der Waals surface area contributed by atoms with Crippen molar-refractivity contribution in [1.29, 1.82) is 0 Å². The van der Waals surface area contributed by atoms with Gasteiger partial charge in [0, 0.05) is 33.4 Å². The average molecular weight is 410 g/mol. The smallest absolute Gasteiger partial charge is 0.330 e.